The third-order valence-electron chi connectivity index (χ3n) is 4.62. The molecule has 1 saturated heterocycles. The van der Waals surface area contributed by atoms with Gasteiger partial charge in [-0.2, -0.15) is 0 Å². The Hall–Kier alpha value is -2.50. The second kappa shape index (κ2) is 9.44. The Morgan fingerprint density at radius 1 is 1.22 bits per heavy atom. The molecule has 1 amide bonds. The van der Waals surface area contributed by atoms with Crippen molar-refractivity contribution in [3.8, 4) is 0 Å². The van der Waals surface area contributed by atoms with Crippen molar-refractivity contribution in [3.63, 3.8) is 0 Å². The Morgan fingerprint density at radius 3 is 2.67 bits per heavy atom. The molecule has 0 aliphatic carbocycles. The highest BCUT2D eigenvalue weighted by atomic mass is 19.1. The molecular weight excluding hydrogens is 343 g/mol. The monoisotopic (exact) mass is 368 g/mol. The number of carbonyl (C=O) groups excluding carboxylic acids is 1. The van der Waals surface area contributed by atoms with E-state index < -0.39 is 0 Å². The van der Waals surface area contributed by atoms with Gasteiger partial charge in [0.15, 0.2) is 0 Å². The van der Waals surface area contributed by atoms with E-state index in [1.807, 2.05) is 6.92 Å². The first kappa shape index (κ1) is 19.3. The summed E-state index contributed by atoms with van der Waals surface area (Å²) in [6.07, 6.45) is 3.08. The number of morpholine rings is 1. The molecule has 142 valence electrons. The van der Waals surface area contributed by atoms with E-state index in [4.69, 9.17) is 4.74 Å². The van der Waals surface area contributed by atoms with Crippen LogP contribution in [0.3, 0.4) is 0 Å². The fourth-order valence-electron chi connectivity index (χ4n) is 3.08. The molecule has 0 aromatic heterocycles. The first-order valence-electron chi connectivity index (χ1n) is 9.21. The normalized spacial score (nSPS) is 16.4. The molecule has 0 saturated carbocycles. The van der Waals surface area contributed by atoms with E-state index in [2.05, 4.69) is 34.5 Å². The van der Waals surface area contributed by atoms with Gasteiger partial charge in [0.1, 0.15) is 5.82 Å². The number of rotatable bonds is 6. The van der Waals surface area contributed by atoms with Crippen molar-refractivity contribution in [3.05, 3.63) is 77.1 Å². The largest absolute Gasteiger partial charge is 0.379 e. The molecule has 4 nitrogen and oxygen atoms in total. The van der Waals surface area contributed by atoms with E-state index in [1.165, 1.54) is 23.8 Å². The number of nitrogens with one attached hydrogen (secondary N) is 1. The van der Waals surface area contributed by atoms with Crippen LogP contribution in [0.15, 0.2) is 54.6 Å². The topological polar surface area (TPSA) is 41.6 Å². The summed E-state index contributed by atoms with van der Waals surface area (Å²) in [6, 6.07) is 14.3. The van der Waals surface area contributed by atoms with Crippen LogP contribution in [0.2, 0.25) is 0 Å². The summed E-state index contributed by atoms with van der Waals surface area (Å²) in [5.41, 5.74) is 2.91. The quantitative estimate of drug-likeness (QED) is 0.795. The molecule has 0 radical (unpaired) electrons. The van der Waals surface area contributed by atoms with Crippen molar-refractivity contribution in [1.29, 1.82) is 0 Å². The third kappa shape index (κ3) is 6.01. The van der Waals surface area contributed by atoms with Crippen molar-refractivity contribution in [2.24, 2.45) is 0 Å². The molecule has 2 aromatic carbocycles. The summed E-state index contributed by atoms with van der Waals surface area (Å²) in [4.78, 5) is 14.8. The molecule has 0 spiro atoms. The lowest BCUT2D eigenvalue weighted by atomic mass is 10.0. The summed E-state index contributed by atoms with van der Waals surface area (Å²) in [6.45, 7) is 5.92. The number of amides is 1. The van der Waals surface area contributed by atoms with Crippen LogP contribution >= 0.6 is 0 Å². The molecule has 1 aliphatic rings. The second-order valence-electron chi connectivity index (χ2n) is 6.77. The van der Waals surface area contributed by atoms with Crippen LogP contribution in [0.25, 0.3) is 6.08 Å². The first-order chi connectivity index (χ1) is 13.1. The van der Waals surface area contributed by atoms with Crippen molar-refractivity contribution >= 4 is 12.0 Å². The van der Waals surface area contributed by atoms with Crippen molar-refractivity contribution < 1.29 is 13.9 Å². The van der Waals surface area contributed by atoms with E-state index >= 15 is 0 Å². The molecule has 1 fully saturated rings. The number of aryl methyl sites for hydroxylation is 1. The molecule has 0 bridgehead atoms. The molecule has 2 aromatic rings. The summed E-state index contributed by atoms with van der Waals surface area (Å²) in [5.74, 6) is -0.513. The predicted molar refractivity (Wildman–Crippen MR) is 105 cm³/mol. The molecule has 5 heteroatoms. The van der Waals surface area contributed by atoms with Crippen molar-refractivity contribution in [2.75, 3.05) is 32.8 Å². The zero-order chi connectivity index (χ0) is 19.1. The van der Waals surface area contributed by atoms with E-state index in [-0.39, 0.29) is 17.8 Å². The van der Waals surface area contributed by atoms with Gasteiger partial charge in [0.2, 0.25) is 5.91 Å². The van der Waals surface area contributed by atoms with E-state index in [0.717, 1.165) is 25.2 Å². The summed E-state index contributed by atoms with van der Waals surface area (Å²) in [7, 11) is 0. The second-order valence-corrected chi connectivity index (χ2v) is 6.77. The molecule has 1 heterocycles. The number of nitrogens with zero attached hydrogens (tertiary/aromatic N) is 1. The van der Waals surface area contributed by atoms with Crippen LogP contribution in [0.5, 0.6) is 0 Å². The van der Waals surface area contributed by atoms with Gasteiger partial charge in [-0.15, -0.1) is 0 Å². The number of halogens is 1. The molecular formula is C22H25FN2O2. The maximum absolute atomic E-state index is 13.3. The lowest BCUT2D eigenvalue weighted by Crippen LogP contribution is -2.42. The van der Waals surface area contributed by atoms with Gasteiger partial charge in [0, 0.05) is 25.7 Å². The van der Waals surface area contributed by atoms with Gasteiger partial charge >= 0.3 is 0 Å². The molecule has 27 heavy (non-hydrogen) atoms. The molecule has 1 N–H and O–H groups in total. The highest BCUT2D eigenvalue weighted by Crippen LogP contribution is 2.17. The average Bonchev–Trinajstić information content (AvgIpc) is 2.67. The summed E-state index contributed by atoms with van der Waals surface area (Å²) >= 11 is 0. The van der Waals surface area contributed by atoms with E-state index in [9.17, 15) is 9.18 Å². The highest BCUT2D eigenvalue weighted by molar-refractivity contribution is 5.92. The lowest BCUT2D eigenvalue weighted by Gasteiger charge is -2.31. The third-order valence-corrected chi connectivity index (χ3v) is 4.62. The molecule has 0 unspecified atom stereocenters. The van der Waals surface area contributed by atoms with Crippen molar-refractivity contribution in [2.45, 2.75) is 13.0 Å². The van der Waals surface area contributed by atoms with Gasteiger partial charge in [-0.25, -0.2) is 4.39 Å². The minimum atomic E-state index is -0.317. The van der Waals surface area contributed by atoms with Gasteiger partial charge < -0.3 is 10.1 Å². The van der Waals surface area contributed by atoms with Crippen LogP contribution < -0.4 is 5.32 Å². The average molecular weight is 368 g/mol. The Kier molecular flexibility index (Phi) is 6.74. The van der Waals surface area contributed by atoms with Gasteiger partial charge in [0.05, 0.1) is 19.3 Å². The SMILES string of the molecule is Cc1ccc([C@@H](CN2CCOCC2)NC(=O)/C=C/c2cccc(F)c2)cc1. The zero-order valence-electron chi connectivity index (χ0n) is 15.5. The fraction of sp³-hybridized carbons (Fsp3) is 0.318. The minimum absolute atomic E-state index is 0.117. The van der Waals surface area contributed by atoms with Gasteiger partial charge in [-0.05, 0) is 36.3 Å². The molecule has 1 atom stereocenters. The fourth-order valence-corrected chi connectivity index (χ4v) is 3.08. The van der Waals surface area contributed by atoms with Gasteiger partial charge in [-0.3, -0.25) is 9.69 Å². The maximum Gasteiger partial charge on any atom is 0.244 e. The van der Waals surface area contributed by atoms with Gasteiger partial charge in [-0.1, -0.05) is 42.0 Å². The molecule has 3 rings (SSSR count). The van der Waals surface area contributed by atoms with E-state index in [0.29, 0.717) is 18.8 Å². The Balaban J connectivity index is 1.69. The highest BCUT2D eigenvalue weighted by Gasteiger charge is 2.19. The van der Waals surface area contributed by atoms with Crippen LogP contribution in [0.4, 0.5) is 4.39 Å². The Morgan fingerprint density at radius 2 is 1.96 bits per heavy atom. The molecule has 1 aliphatic heterocycles. The van der Waals surface area contributed by atoms with Crippen LogP contribution in [0, 0.1) is 12.7 Å². The van der Waals surface area contributed by atoms with E-state index in [1.54, 1.807) is 18.2 Å². The Bertz CT molecular complexity index is 783. The van der Waals surface area contributed by atoms with Crippen molar-refractivity contribution in [1.82, 2.24) is 10.2 Å². The van der Waals surface area contributed by atoms with Crippen LogP contribution in [-0.2, 0) is 9.53 Å². The van der Waals surface area contributed by atoms with Crippen LogP contribution in [-0.4, -0.2) is 43.7 Å². The number of hydrogen-bond donors (Lipinski definition) is 1. The summed E-state index contributed by atoms with van der Waals surface area (Å²) < 4.78 is 18.7. The smallest absolute Gasteiger partial charge is 0.244 e. The zero-order valence-corrected chi connectivity index (χ0v) is 15.5. The maximum atomic E-state index is 13.3. The number of benzene rings is 2. The predicted octanol–water partition coefficient (Wildman–Crippen LogP) is 3.34. The summed E-state index contributed by atoms with van der Waals surface area (Å²) in [5, 5.41) is 3.08. The van der Waals surface area contributed by atoms with Gasteiger partial charge in [0.25, 0.3) is 0 Å². The number of carbonyl (C=O) groups is 1. The first-order valence-corrected chi connectivity index (χ1v) is 9.21. The lowest BCUT2D eigenvalue weighted by molar-refractivity contribution is -0.117. The standard InChI is InChI=1S/C22H25FN2O2/c1-17-5-8-19(9-6-17)21(16-25-11-13-27-14-12-25)24-22(26)10-7-18-3-2-4-20(23)15-18/h2-10,15,21H,11-14,16H2,1H3,(H,24,26)/b10-7+/t21-/m1/s1. The van der Waals surface area contributed by atoms with Crippen LogP contribution in [0.1, 0.15) is 22.7 Å². The Labute approximate surface area is 159 Å². The number of hydrogen-bond acceptors (Lipinski definition) is 3. The number of ether oxygens (including phenoxy) is 1. The minimum Gasteiger partial charge on any atom is -0.379 e.